The molecule has 2 aromatic rings. The molecule has 2 amide bonds. The minimum absolute atomic E-state index is 0.227. The average Bonchev–Trinajstić information content (AvgIpc) is 2.57. The Bertz CT molecular complexity index is 807. The van der Waals surface area contributed by atoms with Gasteiger partial charge in [0.1, 0.15) is 5.41 Å². The maximum absolute atomic E-state index is 12.5. The topological polar surface area (TPSA) is 58.2 Å². The van der Waals surface area contributed by atoms with Gasteiger partial charge in [0.05, 0.1) is 15.7 Å². The summed E-state index contributed by atoms with van der Waals surface area (Å²) in [4.78, 5) is 25.0. The summed E-state index contributed by atoms with van der Waals surface area (Å²) in [7, 11) is 0. The first-order valence-corrected chi connectivity index (χ1v) is 8.64. The Morgan fingerprint density at radius 3 is 2.24 bits per heavy atom. The summed E-state index contributed by atoms with van der Waals surface area (Å²) < 4.78 is 0. The highest BCUT2D eigenvalue weighted by atomic mass is 35.5. The lowest BCUT2D eigenvalue weighted by atomic mass is 9.90. The Morgan fingerprint density at radius 1 is 0.920 bits per heavy atom. The van der Waals surface area contributed by atoms with Gasteiger partial charge in [0.25, 0.3) is 0 Å². The van der Waals surface area contributed by atoms with E-state index in [1.54, 1.807) is 36.4 Å². The predicted octanol–water partition coefficient (Wildman–Crippen LogP) is 4.93. The van der Waals surface area contributed by atoms with Crippen molar-refractivity contribution in [2.75, 3.05) is 5.32 Å². The molecule has 0 aliphatic carbocycles. The molecule has 2 rings (SSSR count). The van der Waals surface area contributed by atoms with E-state index in [0.29, 0.717) is 15.7 Å². The predicted molar refractivity (Wildman–Crippen MR) is 102 cm³/mol. The van der Waals surface area contributed by atoms with Crippen LogP contribution in [0.3, 0.4) is 0 Å². The summed E-state index contributed by atoms with van der Waals surface area (Å²) in [6.45, 7) is 3.29. The van der Waals surface area contributed by atoms with Crippen molar-refractivity contribution < 1.29 is 9.59 Å². The van der Waals surface area contributed by atoms with Gasteiger partial charge in [0.15, 0.2) is 0 Å². The number of halogens is 3. The standard InChI is InChI=1S/C18H17Cl3N2O2/c1-18(2,16(24)22-10-11-6-3-4-7-12(11)19)17(25)23-14-9-5-8-13(20)15(14)21/h3-9H,10H2,1-2H3,(H,22,24)(H,23,25). The zero-order valence-corrected chi connectivity index (χ0v) is 16.0. The van der Waals surface area contributed by atoms with Crippen LogP contribution in [0.15, 0.2) is 42.5 Å². The van der Waals surface area contributed by atoms with Crippen LogP contribution in [0.2, 0.25) is 15.1 Å². The molecule has 0 radical (unpaired) electrons. The lowest BCUT2D eigenvalue weighted by Gasteiger charge is -2.23. The normalized spacial score (nSPS) is 11.1. The summed E-state index contributed by atoms with van der Waals surface area (Å²) in [5.41, 5.74) is -0.190. The molecule has 0 spiro atoms. The van der Waals surface area contributed by atoms with Crippen molar-refractivity contribution in [3.63, 3.8) is 0 Å². The molecule has 132 valence electrons. The van der Waals surface area contributed by atoms with E-state index in [-0.39, 0.29) is 11.6 Å². The molecule has 25 heavy (non-hydrogen) atoms. The summed E-state index contributed by atoms with van der Waals surface area (Å²) in [5, 5.41) is 6.47. The fourth-order valence-corrected chi connectivity index (χ4v) is 2.57. The fraction of sp³-hybridized carbons (Fsp3) is 0.222. The molecule has 0 fully saturated rings. The van der Waals surface area contributed by atoms with Crippen LogP contribution in [0.25, 0.3) is 0 Å². The van der Waals surface area contributed by atoms with E-state index in [9.17, 15) is 9.59 Å². The van der Waals surface area contributed by atoms with Gasteiger partial charge >= 0.3 is 0 Å². The second-order valence-corrected chi connectivity index (χ2v) is 7.15. The van der Waals surface area contributed by atoms with E-state index in [4.69, 9.17) is 34.8 Å². The Morgan fingerprint density at radius 2 is 1.56 bits per heavy atom. The van der Waals surface area contributed by atoms with E-state index in [1.165, 1.54) is 13.8 Å². The number of nitrogens with one attached hydrogen (secondary N) is 2. The first-order valence-electron chi connectivity index (χ1n) is 7.50. The molecule has 4 nitrogen and oxygen atoms in total. The van der Waals surface area contributed by atoms with Crippen molar-refractivity contribution in [2.45, 2.75) is 20.4 Å². The minimum atomic E-state index is -1.31. The van der Waals surface area contributed by atoms with Crippen LogP contribution >= 0.6 is 34.8 Å². The SMILES string of the molecule is CC(C)(C(=O)NCc1ccccc1Cl)C(=O)Nc1cccc(Cl)c1Cl. The molecule has 0 bridgehead atoms. The molecule has 0 aliphatic rings. The van der Waals surface area contributed by atoms with Crippen LogP contribution in [0, 0.1) is 5.41 Å². The van der Waals surface area contributed by atoms with E-state index >= 15 is 0 Å². The van der Waals surface area contributed by atoms with Crippen LogP contribution < -0.4 is 10.6 Å². The Balaban J connectivity index is 2.06. The fourth-order valence-electron chi connectivity index (χ4n) is 2.02. The first kappa shape index (κ1) is 19.6. The van der Waals surface area contributed by atoms with Gasteiger partial charge in [-0.15, -0.1) is 0 Å². The molecule has 2 aromatic carbocycles. The molecule has 0 atom stereocenters. The van der Waals surface area contributed by atoms with E-state index in [0.717, 1.165) is 5.56 Å². The average molecular weight is 400 g/mol. The largest absolute Gasteiger partial charge is 0.351 e. The van der Waals surface area contributed by atoms with Gasteiger partial charge in [-0.25, -0.2) is 0 Å². The number of rotatable bonds is 5. The highest BCUT2D eigenvalue weighted by molar-refractivity contribution is 6.44. The number of anilines is 1. The Labute approximate surface area is 161 Å². The molecule has 0 saturated heterocycles. The number of carbonyl (C=O) groups is 2. The molecule has 0 saturated carbocycles. The van der Waals surface area contributed by atoms with Crippen LogP contribution in [-0.4, -0.2) is 11.8 Å². The van der Waals surface area contributed by atoms with Crippen molar-refractivity contribution in [1.82, 2.24) is 5.32 Å². The number of carbonyl (C=O) groups excluding carboxylic acids is 2. The number of hydrogen-bond acceptors (Lipinski definition) is 2. The third kappa shape index (κ3) is 4.66. The van der Waals surface area contributed by atoms with Crippen LogP contribution in [0.1, 0.15) is 19.4 Å². The van der Waals surface area contributed by atoms with Crippen molar-refractivity contribution >= 4 is 52.3 Å². The van der Waals surface area contributed by atoms with Crippen LogP contribution in [-0.2, 0) is 16.1 Å². The molecule has 7 heteroatoms. The van der Waals surface area contributed by atoms with Crippen LogP contribution in [0.4, 0.5) is 5.69 Å². The molecule has 0 unspecified atom stereocenters. The molecule has 2 N–H and O–H groups in total. The van der Waals surface area contributed by atoms with E-state index in [1.807, 2.05) is 6.07 Å². The van der Waals surface area contributed by atoms with E-state index in [2.05, 4.69) is 10.6 Å². The van der Waals surface area contributed by atoms with E-state index < -0.39 is 17.2 Å². The molecule has 0 heterocycles. The number of benzene rings is 2. The van der Waals surface area contributed by atoms with Gasteiger partial charge in [-0.1, -0.05) is 59.1 Å². The first-order chi connectivity index (χ1) is 11.7. The smallest absolute Gasteiger partial charge is 0.239 e. The third-order valence-corrected chi connectivity index (χ3v) is 4.92. The zero-order chi connectivity index (χ0) is 18.6. The highest BCUT2D eigenvalue weighted by Gasteiger charge is 2.36. The lowest BCUT2D eigenvalue weighted by Crippen LogP contribution is -2.44. The summed E-state index contributed by atoms with van der Waals surface area (Å²) >= 11 is 18.1. The quantitative estimate of drug-likeness (QED) is 0.701. The lowest BCUT2D eigenvalue weighted by molar-refractivity contribution is -0.138. The van der Waals surface area contributed by atoms with Gasteiger partial charge < -0.3 is 10.6 Å². The summed E-state index contributed by atoms with van der Waals surface area (Å²) in [6, 6.07) is 12.1. The van der Waals surface area contributed by atoms with Gasteiger partial charge in [0.2, 0.25) is 11.8 Å². The van der Waals surface area contributed by atoms with Gasteiger partial charge in [-0.2, -0.15) is 0 Å². The maximum atomic E-state index is 12.5. The second kappa shape index (κ2) is 8.09. The monoisotopic (exact) mass is 398 g/mol. The van der Waals surface area contributed by atoms with Crippen molar-refractivity contribution in [3.05, 3.63) is 63.1 Å². The van der Waals surface area contributed by atoms with Crippen molar-refractivity contribution in [3.8, 4) is 0 Å². The molecular weight excluding hydrogens is 383 g/mol. The van der Waals surface area contributed by atoms with Gasteiger partial charge in [-0.3, -0.25) is 9.59 Å². The van der Waals surface area contributed by atoms with Crippen molar-refractivity contribution in [2.24, 2.45) is 5.41 Å². The number of amides is 2. The van der Waals surface area contributed by atoms with Crippen molar-refractivity contribution in [1.29, 1.82) is 0 Å². The minimum Gasteiger partial charge on any atom is -0.351 e. The molecule has 0 aromatic heterocycles. The maximum Gasteiger partial charge on any atom is 0.239 e. The second-order valence-electron chi connectivity index (χ2n) is 5.95. The summed E-state index contributed by atoms with van der Waals surface area (Å²) in [6.07, 6.45) is 0. The Kier molecular flexibility index (Phi) is 6.33. The van der Waals surface area contributed by atoms with Gasteiger partial charge in [0, 0.05) is 11.6 Å². The summed E-state index contributed by atoms with van der Waals surface area (Å²) in [5.74, 6) is -0.920. The number of hydrogen-bond donors (Lipinski definition) is 2. The van der Waals surface area contributed by atoms with Gasteiger partial charge in [-0.05, 0) is 37.6 Å². The van der Waals surface area contributed by atoms with Crippen LogP contribution in [0.5, 0.6) is 0 Å². The zero-order valence-electron chi connectivity index (χ0n) is 13.7. The molecule has 0 aliphatic heterocycles. The highest BCUT2D eigenvalue weighted by Crippen LogP contribution is 2.31. The Hall–Kier alpha value is -1.75. The third-order valence-electron chi connectivity index (χ3n) is 3.73. The molecular formula is C18H17Cl3N2O2.